The van der Waals surface area contributed by atoms with Gasteiger partial charge in [0.05, 0.1) is 5.60 Å². The van der Waals surface area contributed by atoms with E-state index in [4.69, 9.17) is 4.74 Å². The van der Waals surface area contributed by atoms with Gasteiger partial charge >= 0.3 is 7.60 Å². The Labute approximate surface area is 117 Å². The van der Waals surface area contributed by atoms with Crippen LogP contribution in [0.25, 0.3) is 0 Å². The molecule has 2 N–H and O–H groups in total. The van der Waals surface area contributed by atoms with Gasteiger partial charge in [-0.15, -0.1) is 0 Å². The number of hydrogen-bond donors (Lipinski definition) is 2. The molecule has 0 saturated heterocycles. The molecule has 0 aliphatic rings. The number of benzene rings is 1. The molecular formula is C13H23O4PSi. The third-order valence-electron chi connectivity index (χ3n) is 3.44. The van der Waals surface area contributed by atoms with Crippen molar-refractivity contribution in [2.24, 2.45) is 0 Å². The van der Waals surface area contributed by atoms with Crippen LogP contribution in [0.1, 0.15) is 37.7 Å². The lowest BCUT2D eigenvalue weighted by atomic mass is 10.1. The van der Waals surface area contributed by atoms with E-state index >= 15 is 0 Å². The maximum Gasteiger partial charge on any atom is 0.358 e. The monoisotopic (exact) mass is 302 g/mol. The highest BCUT2D eigenvalue weighted by molar-refractivity contribution is 7.52. The molecule has 1 rings (SSSR count). The molecule has 0 fully saturated rings. The molecule has 0 bridgehead atoms. The number of hydrogen-bond acceptors (Lipinski definition) is 2. The summed E-state index contributed by atoms with van der Waals surface area (Å²) in [6.45, 7) is 7.67. The van der Waals surface area contributed by atoms with Gasteiger partial charge in [-0.2, -0.15) is 0 Å². The average Bonchev–Trinajstić information content (AvgIpc) is 2.24. The van der Waals surface area contributed by atoms with Crippen molar-refractivity contribution in [3.63, 3.8) is 0 Å². The average molecular weight is 302 g/mol. The smallest absolute Gasteiger partial charge is 0.355 e. The zero-order valence-electron chi connectivity index (χ0n) is 12.1. The van der Waals surface area contributed by atoms with Gasteiger partial charge in [0.1, 0.15) is 0 Å². The minimum atomic E-state index is -4.36. The second-order valence-electron chi connectivity index (χ2n) is 5.73. The Morgan fingerprint density at radius 1 is 1.37 bits per heavy atom. The van der Waals surface area contributed by atoms with Gasteiger partial charge in [-0.1, -0.05) is 36.8 Å². The molecule has 1 aromatic carbocycles. The first kappa shape index (κ1) is 16.6. The van der Waals surface area contributed by atoms with Crippen molar-refractivity contribution in [1.82, 2.24) is 0 Å². The predicted octanol–water partition coefficient (Wildman–Crippen LogP) is 2.14. The minimum Gasteiger partial charge on any atom is -0.355 e. The van der Waals surface area contributed by atoms with Gasteiger partial charge in [0.25, 0.3) is 0 Å². The van der Waals surface area contributed by atoms with E-state index in [1.807, 2.05) is 33.8 Å². The van der Waals surface area contributed by atoms with E-state index in [1.165, 1.54) is 0 Å². The Balaban J connectivity index is 3.14. The van der Waals surface area contributed by atoms with Crippen LogP contribution < -0.4 is 0 Å². The second kappa shape index (κ2) is 5.90. The lowest BCUT2D eigenvalue weighted by Gasteiger charge is -2.34. The second-order valence-corrected chi connectivity index (χ2v) is 9.11. The highest BCUT2D eigenvalue weighted by Crippen LogP contribution is 2.54. The molecule has 2 atom stereocenters. The van der Waals surface area contributed by atoms with E-state index in [0.717, 1.165) is 15.8 Å². The molecule has 0 spiro atoms. The molecule has 0 amide bonds. The zero-order valence-corrected chi connectivity index (χ0v) is 15.0. The fourth-order valence-corrected chi connectivity index (χ4v) is 2.67. The quantitative estimate of drug-likeness (QED) is 0.646. The van der Waals surface area contributed by atoms with Crippen LogP contribution in [0.3, 0.4) is 0 Å². The summed E-state index contributed by atoms with van der Waals surface area (Å²) in [6, 6.07) is 7.14. The maximum atomic E-state index is 11.7. The summed E-state index contributed by atoms with van der Waals surface area (Å²) in [5.74, 6) is -1.20. The normalized spacial score (nSPS) is 16.3. The fourth-order valence-electron chi connectivity index (χ4n) is 1.58. The summed E-state index contributed by atoms with van der Waals surface area (Å²) in [5.41, 5.74) is 1.22. The molecule has 0 aliphatic carbocycles. The molecule has 19 heavy (non-hydrogen) atoms. The molecule has 0 heterocycles. The molecule has 108 valence electrons. The molecule has 0 saturated carbocycles. The predicted molar refractivity (Wildman–Crippen MR) is 80.5 cm³/mol. The van der Waals surface area contributed by atoms with Gasteiger partial charge in [-0.05, 0) is 31.9 Å². The molecule has 0 aromatic heterocycles. The summed E-state index contributed by atoms with van der Waals surface area (Å²) in [5, 5.41) is 0. The lowest BCUT2D eigenvalue weighted by Crippen LogP contribution is -2.31. The molecule has 2 unspecified atom stereocenters. The maximum absolute atomic E-state index is 11.7. The van der Waals surface area contributed by atoms with E-state index in [2.05, 4.69) is 0 Å². The van der Waals surface area contributed by atoms with E-state index < -0.39 is 19.0 Å². The molecule has 6 heteroatoms. The Morgan fingerprint density at radius 3 is 2.37 bits per heavy atom. The van der Waals surface area contributed by atoms with Crippen LogP contribution in [-0.4, -0.2) is 25.6 Å². The number of rotatable bonds is 5. The molecule has 1 aromatic rings. The summed E-state index contributed by atoms with van der Waals surface area (Å²) < 4.78 is 17.5. The van der Waals surface area contributed by atoms with Crippen molar-refractivity contribution >= 4 is 17.8 Å². The zero-order chi connectivity index (χ0) is 14.8. The van der Waals surface area contributed by atoms with E-state index in [1.54, 1.807) is 18.2 Å². The van der Waals surface area contributed by atoms with Crippen molar-refractivity contribution in [2.45, 2.75) is 44.7 Å². The van der Waals surface area contributed by atoms with Gasteiger partial charge in [-0.25, -0.2) is 0 Å². The third-order valence-corrected chi connectivity index (χ3v) is 5.84. The van der Waals surface area contributed by atoms with Crippen molar-refractivity contribution < 1.29 is 19.1 Å². The summed E-state index contributed by atoms with van der Waals surface area (Å²) in [7, 11) is -3.46. The fraction of sp³-hybridized carbons (Fsp3) is 0.538. The van der Waals surface area contributed by atoms with Crippen molar-refractivity contribution in [3.8, 4) is 0 Å². The lowest BCUT2D eigenvalue weighted by molar-refractivity contribution is -0.0488. The Bertz CT molecular complexity index is 481. The Morgan fingerprint density at radius 2 is 1.95 bits per heavy atom. The number of aryl methyl sites for hydroxylation is 1. The van der Waals surface area contributed by atoms with Gasteiger partial charge < -0.3 is 14.5 Å². The Hall–Kier alpha value is -0.453. The van der Waals surface area contributed by atoms with E-state index in [0.29, 0.717) is 5.56 Å². The molecule has 0 aliphatic heterocycles. The van der Waals surface area contributed by atoms with Gasteiger partial charge in [-0.3, -0.25) is 4.57 Å². The minimum absolute atomic E-state index is 0.284. The molecule has 4 nitrogen and oxygen atoms in total. The highest BCUT2D eigenvalue weighted by atomic mass is 31.2. The highest BCUT2D eigenvalue weighted by Gasteiger charge is 2.37. The van der Waals surface area contributed by atoms with Crippen molar-refractivity contribution in [1.29, 1.82) is 0 Å². The van der Waals surface area contributed by atoms with Crippen LogP contribution in [-0.2, 0) is 9.30 Å². The van der Waals surface area contributed by atoms with Crippen molar-refractivity contribution in [2.75, 3.05) is 0 Å². The van der Waals surface area contributed by atoms with E-state index in [9.17, 15) is 14.4 Å². The summed E-state index contributed by atoms with van der Waals surface area (Å²) >= 11 is 0. The van der Waals surface area contributed by atoms with Crippen molar-refractivity contribution in [3.05, 3.63) is 35.4 Å². The first-order valence-electron chi connectivity index (χ1n) is 6.33. The Kier molecular flexibility index (Phi) is 5.15. The van der Waals surface area contributed by atoms with E-state index in [-0.39, 0.29) is 5.54 Å². The summed E-state index contributed by atoms with van der Waals surface area (Å²) in [6.07, 6.45) is 0. The van der Waals surface area contributed by atoms with Crippen LogP contribution >= 0.6 is 7.60 Å². The topological polar surface area (TPSA) is 66.8 Å². The standard InChI is InChI=1S/C13H23O4PSi/c1-9-6-5-7-11(8-9)12(18(14,15)16)17-13(3,4)10(2)19/h5-8,10,12H,1-4,19H3,(H2,14,15,16). The van der Waals surface area contributed by atoms with Gasteiger partial charge in [0.2, 0.25) is 0 Å². The first-order chi connectivity index (χ1) is 8.54. The SMILES string of the molecule is Cc1cccc(C(OC(C)(C)C(C)[SiH3])P(=O)(O)O)c1. The van der Waals surface area contributed by atoms with Crippen LogP contribution in [0.5, 0.6) is 0 Å². The van der Waals surface area contributed by atoms with Gasteiger partial charge in [0, 0.05) is 10.2 Å². The number of ether oxygens (including phenoxy) is 1. The van der Waals surface area contributed by atoms with Crippen LogP contribution in [0.4, 0.5) is 0 Å². The summed E-state index contributed by atoms with van der Waals surface area (Å²) in [4.78, 5) is 19.1. The van der Waals surface area contributed by atoms with Crippen LogP contribution in [0, 0.1) is 6.92 Å². The first-order valence-corrected chi connectivity index (χ1v) is 9.17. The molecular weight excluding hydrogens is 279 g/mol. The van der Waals surface area contributed by atoms with Crippen LogP contribution in [0.15, 0.2) is 24.3 Å². The molecule has 0 radical (unpaired) electrons. The van der Waals surface area contributed by atoms with Gasteiger partial charge in [0.15, 0.2) is 5.85 Å². The largest absolute Gasteiger partial charge is 0.358 e. The van der Waals surface area contributed by atoms with Crippen LogP contribution in [0.2, 0.25) is 5.54 Å². The third kappa shape index (κ3) is 4.55.